The Bertz CT molecular complexity index is 392. The van der Waals surface area contributed by atoms with Crippen LogP contribution in [0.3, 0.4) is 0 Å². The molecule has 1 aliphatic heterocycles. The van der Waals surface area contributed by atoms with Crippen LogP contribution in [0.5, 0.6) is 0 Å². The highest BCUT2D eigenvalue weighted by Gasteiger charge is 2.33. The van der Waals surface area contributed by atoms with E-state index in [9.17, 15) is 8.78 Å². The van der Waals surface area contributed by atoms with Gasteiger partial charge in [-0.1, -0.05) is 6.92 Å². The van der Waals surface area contributed by atoms with Crippen molar-refractivity contribution in [2.45, 2.75) is 45.2 Å². The van der Waals surface area contributed by atoms with Gasteiger partial charge in [0.15, 0.2) is 0 Å². The molecule has 6 heteroatoms. The maximum absolute atomic E-state index is 12.9. The minimum Gasteiger partial charge on any atom is -0.367 e. The summed E-state index contributed by atoms with van der Waals surface area (Å²) >= 11 is 3.41. The Kier molecular flexibility index (Phi) is 3.19. The summed E-state index contributed by atoms with van der Waals surface area (Å²) in [5.41, 5.74) is 0.822. The molecule has 2 unspecified atom stereocenters. The molecule has 0 bridgehead atoms. The van der Waals surface area contributed by atoms with Gasteiger partial charge >= 0.3 is 0 Å². The number of hydrogen-bond donors (Lipinski definition) is 1. The van der Waals surface area contributed by atoms with Crippen LogP contribution < -0.4 is 5.32 Å². The first kappa shape index (κ1) is 11.8. The molecule has 0 aliphatic carbocycles. The Labute approximate surface area is 101 Å². The minimum atomic E-state index is -2.38. The van der Waals surface area contributed by atoms with Crippen molar-refractivity contribution in [1.82, 2.24) is 9.78 Å². The molecule has 0 spiro atoms. The number of aromatic nitrogens is 2. The highest BCUT2D eigenvalue weighted by molar-refractivity contribution is 9.10. The van der Waals surface area contributed by atoms with E-state index >= 15 is 0 Å². The third kappa shape index (κ3) is 1.83. The number of nitrogens with zero attached hydrogens (tertiary/aromatic N) is 2. The van der Waals surface area contributed by atoms with Gasteiger partial charge in [-0.25, -0.2) is 13.5 Å². The fraction of sp³-hybridized carbons (Fsp3) is 0.700. The Morgan fingerprint density at radius 3 is 2.88 bits per heavy atom. The molecule has 1 N–H and O–H groups in total. The molecule has 1 aliphatic rings. The maximum atomic E-state index is 12.9. The average molecular weight is 294 g/mol. The highest BCUT2D eigenvalue weighted by Crippen LogP contribution is 2.37. The SMILES string of the molecule is CCc1nn2c(c1Br)NC(C)CC2C(F)F. The van der Waals surface area contributed by atoms with Gasteiger partial charge in [-0.15, -0.1) is 0 Å². The van der Waals surface area contributed by atoms with Crippen molar-refractivity contribution < 1.29 is 8.78 Å². The van der Waals surface area contributed by atoms with Crippen LogP contribution in [0.25, 0.3) is 0 Å². The Morgan fingerprint density at radius 1 is 1.62 bits per heavy atom. The monoisotopic (exact) mass is 293 g/mol. The fourth-order valence-electron chi connectivity index (χ4n) is 2.02. The molecule has 3 nitrogen and oxygen atoms in total. The lowest BCUT2D eigenvalue weighted by molar-refractivity contribution is 0.0666. The van der Waals surface area contributed by atoms with E-state index in [2.05, 4.69) is 26.3 Å². The van der Waals surface area contributed by atoms with Crippen LogP contribution in [0.4, 0.5) is 14.6 Å². The zero-order chi connectivity index (χ0) is 11.9. The van der Waals surface area contributed by atoms with Gasteiger partial charge < -0.3 is 5.32 Å². The number of halogens is 3. The number of aryl methyl sites for hydroxylation is 1. The van der Waals surface area contributed by atoms with Gasteiger partial charge in [0, 0.05) is 6.04 Å². The van der Waals surface area contributed by atoms with Crippen molar-refractivity contribution in [2.24, 2.45) is 0 Å². The second kappa shape index (κ2) is 4.31. The molecule has 0 radical (unpaired) electrons. The van der Waals surface area contributed by atoms with Crippen LogP contribution >= 0.6 is 15.9 Å². The third-order valence-corrected chi connectivity index (χ3v) is 3.67. The molecule has 2 heterocycles. The van der Waals surface area contributed by atoms with E-state index in [1.807, 2.05) is 13.8 Å². The summed E-state index contributed by atoms with van der Waals surface area (Å²) in [7, 11) is 0. The number of fused-ring (bicyclic) bond motifs is 1. The van der Waals surface area contributed by atoms with Crippen molar-refractivity contribution in [3.8, 4) is 0 Å². The van der Waals surface area contributed by atoms with Crippen molar-refractivity contribution >= 4 is 21.7 Å². The minimum absolute atomic E-state index is 0.0456. The number of rotatable bonds is 2. The van der Waals surface area contributed by atoms with Crippen molar-refractivity contribution in [1.29, 1.82) is 0 Å². The molecule has 2 rings (SSSR count). The van der Waals surface area contributed by atoms with E-state index in [-0.39, 0.29) is 6.04 Å². The average Bonchev–Trinajstić information content (AvgIpc) is 2.55. The molecule has 0 fully saturated rings. The third-order valence-electron chi connectivity index (χ3n) is 2.84. The zero-order valence-corrected chi connectivity index (χ0v) is 10.8. The molecule has 90 valence electrons. The predicted molar refractivity (Wildman–Crippen MR) is 62.0 cm³/mol. The molecule has 0 amide bonds. The summed E-state index contributed by atoms with van der Waals surface area (Å²) in [5, 5.41) is 7.42. The van der Waals surface area contributed by atoms with Gasteiger partial charge in [0.25, 0.3) is 6.43 Å². The summed E-state index contributed by atoms with van der Waals surface area (Å²) < 4.78 is 28.1. The van der Waals surface area contributed by atoms with Gasteiger partial charge in [-0.3, -0.25) is 0 Å². The second-order valence-electron chi connectivity index (χ2n) is 4.09. The predicted octanol–water partition coefficient (Wildman–Crippen LogP) is 3.22. The Morgan fingerprint density at radius 2 is 2.31 bits per heavy atom. The Hall–Kier alpha value is -0.650. The van der Waals surface area contributed by atoms with Crippen LogP contribution in [0.15, 0.2) is 4.47 Å². The van der Waals surface area contributed by atoms with Gasteiger partial charge in [0.05, 0.1) is 10.2 Å². The van der Waals surface area contributed by atoms with E-state index in [1.54, 1.807) is 0 Å². The second-order valence-corrected chi connectivity index (χ2v) is 4.88. The molecule has 0 aromatic carbocycles. The van der Waals surface area contributed by atoms with Gasteiger partial charge in [-0.05, 0) is 35.7 Å². The van der Waals surface area contributed by atoms with Crippen LogP contribution in [0.1, 0.15) is 32.0 Å². The number of alkyl halides is 2. The Balaban J connectivity index is 2.46. The molecule has 16 heavy (non-hydrogen) atoms. The molecule has 1 aromatic rings. The number of anilines is 1. The van der Waals surface area contributed by atoms with Crippen LogP contribution in [-0.4, -0.2) is 22.2 Å². The smallest absolute Gasteiger partial charge is 0.260 e. The molecular formula is C10H14BrF2N3. The quantitative estimate of drug-likeness (QED) is 0.907. The van der Waals surface area contributed by atoms with Crippen molar-refractivity contribution in [3.05, 3.63) is 10.2 Å². The molecule has 0 saturated heterocycles. The van der Waals surface area contributed by atoms with Crippen LogP contribution in [-0.2, 0) is 6.42 Å². The standard InChI is InChI=1S/C10H14BrF2N3/c1-3-6-8(11)10-14-5(2)4-7(9(12)13)16(10)15-6/h5,7,9,14H,3-4H2,1-2H3. The van der Waals surface area contributed by atoms with E-state index in [1.165, 1.54) is 4.68 Å². The molecular weight excluding hydrogens is 280 g/mol. The van der Waals surface area contributed by atoms with Gasteiger partial charge in [0.1, 0.15) is 11.9 Å². The van der Waals surface area contributed by atoms with E-state index < -0.39 is 12.5 Å². The largest absolute Gasteiger partial charge is 0.367 e. The highest BCUT2D eigenvalue weighted by atomic mass is 79.9. The first-order valence-corrected chi connectivity index (χ1v) is 6.15. The summed E-state index contributed by atoms with van der Waals surface area (Å²) in [4.78, 5) is 0. The van der Waals surface area contributed by atoms with E-state index in [0.717, 1.165) is 16.6 Å². The van der Waals surface area contributed by atoms with Gasteiger partial charge in [0.2, 0.25) is 0 Å². The van der Waals surface area contributed by atoms with Crippen LogP contribution in [0, 0.1) is 0 Å². The summed E-state index contributed by atoms with van der Waals surface area (Å²) in [6, 6.07) is -0.771. The lowest BCUT2D eigenvalue weighted by atomic mass is 10.1. The zero-order valence-electron chi connectivity index (χ0n) is 9.17. The summed E-state index contributed by atoms with van der Waals surface area (Å²) in [6.07, 6.45) is -1.24. The van der Waals surface area contributed by atoms with E-state index in [4.69, 9.17) is 0 Å². The fourth-order valence-corrected chi connectivity index (χ4v) is 2.68. The lowest BCUT2D eigenvalue weighted by Gasteiger charge is -2.29. The molecule has 2 atom stereocenters. The summed E-state index contributed by atoms with van der Waals surface area (Å²) in [5.74, 6) is 0.681. The summed E-state index contributed by atoms with van der Waals surface area (Å²) in [6.45, 7) is 3.86. The lowest BCUT2D eigenvalue weighted by Crippen LogP contribution is -2.33. The maximum Gasteiger partial charge on any atom is 0.260 e. The molecule has 1 aromatic heterocycles. The first-order valence-electron chi connectivity index (χ1n) is 5.36. The van der Waals surface area contributed by atoms with Crippen molar-refractivity contribution in [3.63, 3.8) is 0 Å². The molecule has 0 saturated carbocycles. The van der Waals surface area contributed by atoms with Gasteiger partial charge in [-0.2, -0.15) is 5.10 Å². The topological polar surface area (TPSA) is 29.9 Å². The first-order chi connectivity index (χ1) is 7.54. The van der Waals surface area contributed by atoms with Crippen molar-refractivity contribution in [2.75, 3.05) is 5.32 Å². The normalized spacial score (nSPS) is 24.4. The van der Waals surface area contributed by atoms with Crippen LogP contribution in [0.2, 0.25) is 0 Å². The number of nitrogens with one attached hydrogen (secondary N) is 1. The number of hydrogen-bond acceptors (Lipinski definition) is 2. The van der Waals surface area contributed by atoms with E-state index in [0.29, 0.717) is 12.2 Å².